The molecule has 0 radical (unpaired) electrons. The van der Waals surface area contributed by atoms with Gasteiger partial charge in [0.15, 0.2) is 5.69 Å². The van der Waals surface area contributed by atoms with Crippen molar-refractivity contribution >= 4 is 11.4 Å². The van der Waals surface area contributed by atoms with Crippen molar-refractivity contribution < 1.29 is 4.79 Å². The van der Waals surface area contributed by atoms with Crippen LogP contribution in [0.15, 0.2) is 18.3 Å². The third-order valence-electron chi connectivity index (χ3n) is 2.42. The molecule has 0 aliphatic rings. The average Bonchev–Trinajstić information content (AvgIpc) is 2.55. The molecule has 0 saturated heterocycles. The lowest BCUT2D eigenvalue weighted by molar-refractivity contribution is 0.0997. The summed E-state index contributed by atoms with van der Waals surface area (Å²) in [4.78, 5) is 15.4. The van der Waals surface area contributed by atoms with Crippen LogP contribution in [0.1, 0.15) is 28.8 Å². The summed E-state index contributed by atoms with van der Waals surface area (Å²) in [5.41, 5.74) is 7.52. The van der Waals surface area contributed by atoms with E-state index >= 15 is 0 Å². The molecule has 0 aliphatic carbocycles. The first-order chi connectivity index (χ1) is 7.13. The Labute approximate surface area is 87.7 Å². The van der Waals surface area contributed by atoms with Gasteiger partial charge in [-0.25, -0.2) is 4.98 Å². The summed E-state index contributed by atoms with van der Waals surface area (Å²) in [6.45, 7) is 3.97. The van der Waals surface area contributed by atoms with Gasteiger partial charge in [-0.3, -0.25) is 4.79 Å². The predicted molar refractivity (Wildman–Crippen MR) is 57.8 cm³/mol. The lowest BCUT2D eigenvalue weighted by Gasteiger charge is -1.98. The number of aryl methyl sites for hydroxylation is 2. The van der Waals surface area contributed by atoms with Gasteiger partial charge in [-0.2, -0.15) is 0 Å². The van der Waals surface area contributed by atoms with Crippen LogP contribution in [-0.2, 0) is 6.42 Å². The molecule has 0 saturated carbocycles. The third-order valence-corrected chi connectivity index (χ3v) is 2.42. The van der Waals surface area contributed by atoms with Crippen molar-refractivity contribution in [1.29, 1.82) is 0 Å². The monoisotopic (exact) mass is 203 g/mol. The molecular weight excluding hydrogens is 190 g/mol. The van der Waals surface area contributed by atoms with Gasteiger partial charge in [0.2, 0.25) is 0 Å². The van der Waals surface area contributed by atoms with Crippen LogP contribution in [0.4, 0.5) is 0 Å². The molecule has 0 unspecified atom stereocenters. The van der Waals surface area contributed by atoms with Crippen LogP contribution in [0, 0.1) is 6.92 Å². The molecule has 2 aromatic rings. The van der Waals surface area contributed by atoms with E-state index in [1.54, 1.807) is 0 Å². The highest BCUT2D eigenvalue weighted by Gasteiger charge is 2.13. The van der Waals surface area contributed by atoms with Crippen molar-refractivity contribution in [2.45, 2.75) is 20.3 Å². The van der Waals surface area contributed by atoms with Crippen LogP contribution < -0.4 is 5.73 Å². The number of amides is 1. The Morgan fingerprint density at radius 2 is 2.33 bits per heavy atom. The number of rotatable bonds is 2. The topological polar surface area (TPSA) is 60.4 Å². The summed E-state index contributed by atoms with van der Waals surface area (Å²) < 4.78 is 1.91. The van der Waals surface area contributed by atoms with E-state index in [4.69, 9.17) is 5.73 Å². The van der Waals surface area contributed by atoms with Crippen LogP contribution in [0.5, 0.6) is 0 Å². The number of hydrogen-bond acceptors (Lipinski definition) is 2. The molecule has 15 heavy (non-hydrogen) atoms. The van der Waals surface area contributed by atoms with Crippen LogP contribution >= 0.6 is 0 Å². The van der Waals surface area contributed by atoms with Crippen LogP contribution in [0.2, 0.25) is 0 Å². The second-order valence-corrected chi connectivity index (χ2v) is 3.55. The van der Waals surface area contributed by atoms with Crippen molar-refractivity contribution in [2.24, 2.45) is 5.73 Å². The number of carbonyl (C=O) groups excluding carboxylic acids is 1. The Bertz CT molecular complexity index is 528. The molecule has 4 heteroatoms. The molecular formula is C11H13N3O. The Morgan fingerprint density at radius 3 is 2.93 bits per heavy atom. The summed E-state index contributed by atoms with van der Waals surface area (Å²) >= 11 is 0. The fourth-order valence-electron chi connectivity index (χ4n) is 1.68. The molecule has 1 amide bonds. The number of nitrogens with two attached hydrogens (primary N) is 1. The lowest BCUT2D eigenvalue weighted by atomic mass is 10.2. The van der Waals surface area contributed by atoms with Gasteiger partial charge in [0.25, 0.3) is 5.91 Å². The molecule has 0 spiro atoms. The zero-order valence-electron chi connectivity index (χ0n) is 8.82. The maximum atomic E-state index is 11.2. The molecule has 0 aromatic carbocycles. The van der Waals surface area contributed by atoms with Crippen LogP contribution in [0.3, 0.4) is 0 Å². The first kappa shape index (κ1) is 9.71. The SMILES string of the molecule is CCc1nc(C(N)=O)c2cc(C)ccn12. The van der Waals surface area contributed by atoms with Gasteiger partial charge in [-0.1, -0.05) is 6.92 Å². The van der Waals surface area contributed by atoms with E-state index in [-0.39, 0.29) is 0 Å². The minimum absolute atomic E-state index is 0.357. The quantitative estimate of drug-likeness (QED) is 0.799. The van der Waals surface area contributed by atoms with Gasteiger partial charge in [-0.15, -0.1) is 0 Å². The molecule has 2 N–H and O–H groups in total. The predicted octanol–water partition coefficient (Wildman–Crippen LogP) is 1.30. The van der Waals surface area contributed by atoms with E-state index in [1.165, 1.54) is 0 Å². The third kappa shape index (κ3) is 1.48. The fraction of sp³-hybridized carbons (Fsp3) is 0.273. The van der Waals surface area contributed by atoms with E-state index < -0.39 is 5.91 Å². The van der Waals surface area contributed by atoms with Crippen LogP contribution in [0.25, 0.3) is 5.52 Å². The van der Waals surface area contributed by atoms with Gasteiger partial charge in [0, 0.05) is 12.6 Å². The number of hydrogen-bond donors (Lipinski definition) is 1. The molecule has 78 valence electrons. The van der Waals surface area contributed by atoms with E-state index in [0.29, 0.717) is 5.69 Å². The molecule has 2 rings (SSSR count). The van der Waals surface area contributed by atoms with Gasteiger partial charge in [0.05, 0.1) is 5.52 Å². The molecule has 2 aromatic heterocycles. The second-order valence-electron chi connectivity index (χ2n) is 3.55. The van der Waals surface area contributed by atoms with E-state index in [9.17, 15) is 4.79 Å². The van der Waals surface area contributed by atoms with Gasteiger partial charge < -0.3 is 10.1 Å². The minimum atomic E-state index is -0.474. The highest BCUT2D eigenvalue weighted by molar-refractivity contribution is 5.98. The number of fused-ring (bicyclic) bond motifs is 1. The molecule has 0 aliphatic heterocycles. The Morgan fingerprint density at radius 1 is 1.60 bits per heavy atom. The normalized spacial score (nSPS) is 10.8. The zero-order chi connectivity index (χ0) is 11.0. The van der Waals surface area contributed by atoms with Crippen molar-refractivity contribution in [3.05, 3.63) is 35.4 Å². The van der Waals surface area contributed by atoms with Gasteiger partial charge in [0.1, 0.15) is 5.82 Å². The lowest BCUT2D eigenvalue weighted by Crippen LogP contribution is -2.11. The van der Waals surface area contributed by atoms with Gasteiger partial charge in [-0.05, 0) is 24.6 Å². The second kappa shape index (κ2) is 3.38. The van der Waals surface area contributed by atoms with Crippen molar-refractivity contribution in [3.8, 4) is 0 Å². The maximum absolute atomic E-state index is 11.2. The molecule has 2 heterocycles. The summed E-state index contributed by atoms with van der Waals surface area (Å²) in [6, 6.07) is 3.91. The number of primary amides is 1. The number of carbonyl (C=O) groups is 1. The largest absolute Gasteiger partial charge is 0.364 e. The number of imidazole rings is 1. The molecule has 0 fully saturated rings. The van der Waals surface area contributed by atoms with E-state index in [0.717, 1.165) is 23.3 Å². The number of pyridine rings is 1. The summed E-state index contributed by atoms with van der Waals surface area (Å²) in [5, 5.41) is 0. The summed E-state index contributed by atoms with van der Waals surface area (Å²) in [5.74, 6) is 0.386. The first-order valence-electron chi connectivity index (χ1n) is 4.91. The van der Waals surface area contributed by atoms with Gasteiger partial charge >= 0.3 is 0 Å². The van der Waals surface area contributed by atoms with E-state index in [1.807, 2.05) is 36.6 Å². The number of nitrogens with zero attached hydrogens (tertiary/aromatic N) is 2. The highest BCUT2D eigenvalue weighted by Crippen LogP contribution is 2.14. The van der Waals surface area contributed by atoms with E-state index in [2.05, 4.69) is 4.98 Å². The first-order valence-corrected chi connectivity index (χ1v) is 4.91. The van der Waals surface area contributed by atoms with Crippen LogP contribution in [-0.4, -0.2) is 15.3 Å². The highest BCUT2D eigenvalue weighted by atomic mass is 16.1. The Balaban J connectivity index is 2.81. The van der Waals surface area contributed by atoms with Crippen molar-refractivity contribution in [3.63, 3.8) is 0 Å². The Kier molecular flexibility index (Phi) is 2.19. The average molecular weight is 203 g/mol. The minimum Gasteiger partial charge on any atom is -0.364 e. The summed E-state index contributed by atoms with van der Waals surface area (Å²) in [7, 11) is 0. The standard InChI is InChI=1S/C11H13N3O/c1-3-9-13-10(11(12)15)8-6-7(2)4-5-14(8)9/h4-6H,3H2,1-2H3,(H2,12,15). The van der Waals surface area contributed by atoms with Crippen molar-refractivity contribution in [2.75, 3.05) is 0 Å². The van der Waals surface area contributed by atoms with Crippen molar-refractivity contribution in [1.82, 2.24) is 9.38 Å². The summed E-state index contributed by atoms with van der Waals surface area (Å²) in [6.07, 6.45) is 2.69. The maximum Gasteiger partial charge on any atom is 0.269 e. The molecule has 0 atom stereocenters. The number of aromatic nitrogens is 2. The zero-order valence-corrected chi connectivity index (χ0v) is 8.82. The fourth-order valence-corrected chi connectivity index (χ4v) is 1.68. The Hall–Kier alpha value is -1.84. The molecule has 0 bridgehead atoms. The smallest absolute Gasteiger partial charge is 0.269 e. The molecule has 4 nitrogen and oxygen atoms in total.